The second-order valence-corrected chi connectivity index (χ2v) is 10.6. The molecule has 2 amide bonds. The fourth-order valence-corrected chi connectivity index (χ4v) is 6.47. The molecule has 1 N–H and O–H groups in total. The minimum atomic E-state index is -1.11. The Morgan fingerprint density at radius 1 is 1.25 bits per heavy atom. The first kappa shape index (κ1) is 28.4. The van der Waals surface area contributed by atoms with E-state index in [1.807, 2.05) is 13.8 Å². The van der Waals surface area contributed by atoms with Crippen LogP contribution >= 0.6 is 0 Å². The van der Waals surface area contributed by atoms with Crippen LogP contribution in [0.1, 0.15) is 72.1 Å². The number of carbonyl (C=O) groups is 3. The van der Waals surface area contributed by atoms with E-state index in [2.05, 4.69) is 20.1 Å². The quantitative estimate of drug-likeness (QED) is 0.209. The van der Waals surface area contributed by atoms with Gasteiger partial charge in [0.1, 0.15) is 17.6 Å². The number of nitrogens with zero attached hydrogens (tertiary/aromatic N) is 2. The molecule has 2 unspecified atom stereocenters. The van der Waals surface area contributed by atoms with E-state index in [0.717, 1.165) is 25.7 Å². The molecule has 2 bridgehead atoms. The monoisotopic (exact) mass is 504 g/mol. The third-order valence-electron chi connectivity index (χ3n) is 8.27. The molecule has 36 heavy (non-hydrogen) atoms. The molecular formula is C28H44N2O6. The Hall–Kier alpha value is -2.19. The van der Waals surface area contributed by atoms with E-state index < -0.39 is 41.1 Å². The molecule has 3 fully saturated rings. The summed E-state index contributed by atoms with van der Waals surface area (Å²) in [4.78, 5) is 44.8. The van der Waals surface area contributed by atoms with Crippen LogP contribution in [0.3, 0.4) is 0 Å². The first-order chi connectivity index (χ1) is 17.3. The lowest BCUT2D eigenvalue weighted by molar-refractivity contribution is -0.162. The zero-order valence-electron chi connectivity index (χ0n) is 22.2. The van der Waals surface area contributed by atoms with Gasteiger partial charge in [0, 0.05) is 13.1 Å². The number of aliphatic hydroxyl groups excluding tert-OH is 1. The van der Waals surface area contributed by atoms with Crippen LogP contribution in [0, 0.1) is 11.8 Å². The Balaban J connectivity index is 1.99. The fourth-order valence-electron chi connectivity index (χ4n) is 6.47. The molecule has 202 valence electrons. The first-order valence-electron chi connectivity index (χ1n) is 13.6. The first-order valence-corrected chi connectivity index (χ1v) is 13.6. The van der Waals surface area contributed by atoms with Crippen molar-refractivity contribution >= 4 is 17.8 Å². The molecule has 8 heteroatoms. The van der Waals surface area contributed by atoms with E-state index in [9.17, 15) is 19.5 Å². The minimum Gasteiger partial charge on any atom is -0.465 e. The Labute approximate surface area is 215 Å². The number of ether oxygens (including phenoxy) is 2. The maximum absolute atomic E-state index is 14.2. The molecule has 0 aliphatic carbocycles. The SMILES string of the molecule is C=CCCCOC(=O)[C@H]1[C@H]2C(=O)N([C@@H](CC)CO)C(C(=O)N(CC=C)CCCCC)C23CC[C@]1(C)O3. The van der Waals surface area contributed by atoms with Crippen LogP contribution in [-0.4, -0.2) is 82.3 Å². The summed E-state index contributed by atoms with van der Waals surface area (Å²) in [6.07, 6.45) is 9.28. The van der Waals surface area contributed by atoms with Gasteiger partial charge in [0.05, 0.1) is 30.8 Å². The smallest absolute Gasteiger partial charge is 0.312 e. The molecule has 8 nitrogen and oxygen atoms in total. The third-order valence-corrected chi connectivity index (χ3v) is 8.27. The Kier molecular flexibility index (Phi) is 9.39. The predicted molar refractivity (Wildman–Crippen MR) is 137 cm³/mol. The number of hydrogen-bond donors (Lipinski definition) is 1. The Bertz CT molecular complexity index is 842. The Morgan fingerprint density at radius 3 is 2.61 bits per heavy atom. The zero-order valence-corrected chi connectivity index (χ0v) is 22.2. The van der Waals surface area contributed by atoms with Crippen molar-refractivity contribution in [2.45, 2.75) is 95.4 Å². The van der Waals surface area contributed by atoms with Crippen molar-refractivity contribution in [2.75, 3.05) is 26.3 Å². The van der Waals surface area contributed by atoms with Crippen LogP contribution in [0.4, 0.5) is 0 Å². The number of amides is 2. The Morgan fingerprint density at radius 2 is 2.00 bits per heavy atom. The number of carbonyl (C=O) groups excluding carboxylic acids is 3. The molecule has 3 aliphatic rings. The lowest BCUT2D eigenvalue weighted by Crippen LogP contribution is -2.58. The zero-order chi connectivity index (χ0) is 26.5. The number of fused-ring (bicyclic) bond motifs is 1. The number of aliphatic hydroxyl groups is 1. The summed E-state index contributed by atoms with van der Waals surface area (Å²) in [6, 6.07) is -1.43. The lowest BCUT2D eigenvalue weighted by Gasteiger charge is -2.39. The summed E-state index contributed by atoms with van der Waals surface area (Å²) >= 11 is 0. The van der Waals surface area contributed by atoms with E-state index >= 15 is 0 Å². The summed E-state index contributed by atoms with van der Waals surface area (Å²) in [5.74, 6) is -2.53. The molecular weight excluding hydrogens is 460 g/mol. The minimum absolute atomic E-state index is 0.196. The summed E-state index contributed by atoms with van der Waals surface area (Å²) in [6.45, 7) is 14.3. The highest BCUT2D eigenvalue weighted by atomic mass is 16.6. The van der Waals surface area contributed by atoms with Crippen LogP contribution < -0.4 is 0 Å². The van der Waals surface area contributed by atoms with Gasteiger partial charge < -0.3 is 24.4 Å². The molecule has 1 spiro atoms. The number of hydrogen-bond acceptors (Lipinski definition) is 6. The molecule has 0 aromatic rings. The molecule has 3 saturated heterocycles. The van der Waals surface area contributed by atoms with Crippen molar-refractivity contribution in [1.29, 1.82) is 0 Å². The maximum atomic E-state index is 14.2. The topological polar surface area (TPSA) is 96.4 Å². The van der Waals surface area contributed by atoms with Gasteiger partial charge in [-0.1, -0.05) is 38.8 Å². The third kappa shape index (κ3) is 4.86. The van der Waals surface area contributed by atoms with Gasteiger partial charge >= 0.3 is 5.97 Å². The molecule has 0 radical (unpaired) electrons. The second-order valence-electron chi connectivity index (χ2n) is 10.6. The highest BCUT2D eigenvalue weighted by Crippen LogP contribution is 2.63. The van der Waals surface area contributed by atoms with Crippen LogP contribution in [0.2, 0.25) is 0 Å². The molecule has 0 aromatic heterocycles. The number of rotatable bonds is 15. The van der Waals surface area contributed by atoms with Gasteiger partial charge in [-0.3, -0.25) is 14.4 Å². The van der Waals surface area contributed by atoms with Crippen molar-refractivity contribution in [3.05, 3.63) is 25.3 Å². The summed E-state index contributed by atoms with van der Waals surface area (Å²) in [7, 11) is 0. The number of esters is 1. The molecule has 3 aliphatic heterocycles. The van der Waals surface area contributed by atoms with Crippen molar-refractivity contribution in [1.82, 2.24) is 9.80 Å². The van der Waals surface area contributed by atoms with Gasteiger partial charge in [-0.2, -0.15) is 0 Å². The maximum Gasteiger partial charge on any atom is 0.312 e. The van der Waals surface area contributed by atoms with Crippen molar-refractivity contribution in [3.8, 4) is 0 Å². The molecule has 0 saturated carbocycles. The largest absolute Gasteiger partial charge is 0.465 e. The number of unbranched alkanes of at least 4 members (excludes halogenated alkanes) is 3. The van der Waals surface area contributed by atoms with Gasteiger partial charge in [-0.25, -0.2) is 0 Å². The van der Waals surface area contributed by atoms with E-state index in [0.29, 0.717) is 38.8 Å². The summed E-state index contributed by atoms with van der Waals surface area (Å²) in [5, 5.41) is 10.2. The molecule has 3 heterocycles. The predicted octanol–water partition coefficient (Wildman–Crippen LogP) is 3.24. The number of allylic oxidation sites excluding steroid dienone is 1. The normalized spacial score (nSPS) is 31.3. The number of likely N-dealkylation sites (tertiary alicyclic amines) is 1. The van der Waals surface area contributed by atoms with Crippen molar-refractivity contribution in [3.63, 3.8) is 0 Å². The van der Waals surface area contributed by atoms with Crippen molar-refractivity contribution < 1.29 is 29.0 Å². The summed E-state index contributed by atoms with van der Waals surface area (Å²) in [5.41, 5.74) is -1.98. The van der Waals surface area contributed by atoms with Gasteiger partial charge in [-0.05, 0) is 45.4 Å². The van der Waals surface area contributed by atoms with E-state index in [1.54, 1.807) is 17.1 Å². The van der Waals surface area contributed by atoms with E-state index in [1.165, 1.54) is 4.90 Å². The fraction of sp³-hybridized carbons (Fsp3) is 0.750. The van der Waals surface area contributed by atoms with E-state index in [4.69, 9.17) is 9.47 Å². The van der Waals surface area contributed by atoms with Crippen molar-refractivity contribution in [2.24, 2.45) is 11.8 Å². The van der Waals surface area contributed by atoms with E-state index in [-0.39, 0.29) is 25.0 Å². The molecule has 6 atom stereocenters. The average Bonchev–Trinajstić information content (AvgIpc) is 3.43. The van der Waals surface area contributed by atoms with Gasteiger partial charge in [0.25, 0.3) is 0 Å². The standard InChI is InChI=1S/C28H44N2O6/c1-6-10-12-17-29(16-8-3)25(33)23-28-15-14-27(5,36-28)22(26(34)35-18-13-11-7-2)21(28)24(32)30(23)20(9-4)19-31/h7-8,20-23,31H,2-3,6,9-19H2,1,4-5H3/t20-,21-,22+,23?,27-,28?/m0/s1. The molecule has 3 rings (SSSR count). The average molecular weight is 505 g/mol. The van der Waals surface area contributed by atoms with Crippen LogP contribution in [0.25, 0.3) is 0 Å². The van der Waals surface area contributed by atoms with Crippen LogP contribution in [0.15, 0.2) is 25.3 Å². The summed E-state index contributed by atoms with van der Waals surface area (Å²) < 4.78 is 12.2. The van der Waals surface area contributed by atoms with Gasteiger partial charge in [0.2, 0.25) is 11.8 Å². The molecule has 0 aromatic carbocycles. The second kappa shape index (κ2) is 11.9. The van der Waals surface area contributed by atoms with Crippen LogP contribution in [-0.2, 0) is 23.9 Å². The highest BCUT2D eigenvalue weighted by Gasteiger charge is 2.79. The highest BCUT2D eigenvalue weighted by molar-refractivity contribution is 5.98. The van der Waals surface area contributed by atoms with Gasteiger partial charge in [0.15, 0.2) is 0 Å². The van der Waals surface area contributed by atoms with Crippen LogP contribution in [0.5, 0.6) is 0 Å². The van der Waals surface area contributed by atoms with Gasteiger partial charge in [-0.15, -0.1) is 13.2 Å². The lowest BCUT2D eigenvalue weighted by atomic mass is 9.66.